The van der Waals surface area contributed by atoms with Crippen molar-refractivity contribution in [1.82, 2.24) is 9.46 Å². The summed E-state index contributed by atoms with van der Waals surface area (Å²) in [4.78, 5) is 2.08. The van der Waals surface area contributed by atoms with Crippen LogP contribution in [0.1, 0.15) is 11.3 Å². The Morgan fingerprint density at radius 1 is 1.13 bits per heavy atom. The summed E-state index contributed by atoms with van der Waals surface area (Å²) in [5.74, 6) is -1.23. The number of rotatable bonds is 4. The van der Waals surface area contributed by atoms with Crippen LogP contribution in [0.4, 0.5) is 18.9 Å². The van der Waals surface area contributed by atoms with E-state index in [0.717, 1.165) is 28.7 Å². The molecule has 0 unspecified atom stereocenters. The minimum Gasteiger partial charge on any atom is -0.369 e. The van der Waals surface area contributed by atoms with Crippen molar-refractivity contribution in [3.63, 3.8) is 0 Å². The third-order valence-electron chi connectivity index (χ3n) is 5.01. The van der Waals surface area contributed by atoms with E-state index in [0.29, 0.717) is 18.1 Å². The first-order valence-electron chi connectivity index (χ1n) is 9.20. The minimum absolute atomic E-state index is 0.0476. The highest BCUT2D eigenvalue weighted by atomic mass is 35.5. The van der Waals surface area contributed by atoms with Crippen LogP contribution in [0.2, 0.25) is 5.02 Å². The smallest absolute Gasteiger partial charge is 0.369 e. The Balaban J connectivity index is 1.49. The summed E-state index contributed by atoms with van der Waals surface area (Å²) in [6.45, 7) is 3.53. The third kappa shape index (κ3) is 4.45. The molecule has 4 rings (SSSR count). The van der Waals surface area contributed by atoms with E-state index >= 15 is 0 Å². The van der Waals surface area contributed by atoms with Crippen molar-refractivity contribution in [2.45, 2.75) is 17.3 Å². The van der Waals surface area contributed by atoms with Crippen LogP contribution < -0.4 is 4.90 Å². The van der Waals surface area contributed by atoms with E-state index in [1.54, 1.807) is 0 Å². The van der Waals surface area contributed by atoms with Gasteiger partial charge >= 0.3 is 6.18 Å². The van der Waals surface area contributed by atoms with E-state index < -0.39 is 22.0 Å². The molecule has 1 aliphatic heterocycles. The molecule has 2 aromatic heterocycles. The molecule has 1 fully saturated rings. The number of anilines is 1. The maximum absolute atomic E-state index is 13.0. The number of piperazine rings is 1. The second-order valence-corrected chi connectivity index (χ2v) is 10.6. The molecule has 0 atom stereocenters. The highest BCUT2D eigenvalue weighted by molar-refractivity contribution is 7.91. The van der Waals surface area contributed by atoms with E-state index in [4.69, 9.17) is 11.6 Å². The van der Waals surface area contributed by atoms with Crippen molar-refractivity contribution in [1.29, 1.82) is 0 Å². The topological polar surface area (TPSA) is 66.7 Å². The van der Waals surface area contributed by atoms with Gasteiger partial charge in [0.25, 0.3) is 10.0 Å². The molecule has 0 aliphatic carbocycles. The van der Waals surface area contributed by atoms with Crippen LogP contribution in [0.15, 0.2) is 44.4 Å². The second kappa shape index (κ2) is 8.12. The molecule has 6 nitrogen and oxygen atoms in total. The summed E-state index contributed by atoms with van der Waals surface area (Å²) in [6, 6.07) is 7.67. The number of alkyl halides is 3. The molecular formula is C19H17ClF3N3O3S2. The van der Waals surface area contributed by atoms with E-state index in [1.807, 2.05) is 25.1 Å². The number of thiophene rings is 1. The quantitative estimate of drug-likeness (QED) is 0.519. The van der Waals surface area contributed by atoms with Crippen molar-refractivity contribution in [2.24, 2.45) is 0 Å². The van der Waals surface area contributed by atoms with Crippen molar-refractivity contribution < 1.29 is 26.1 Å². The zero-order chi connectivity index (χ0) is 22.4. The van der Waals surface area contributed by atoms with Crippen LogP contribution in [0.3, 0.4) is 0 Å². The van der Waals surface area contributed by atoms with Crippen molar-refractivity contribution >= 4 is 38.6 Å². The molecule has 0 N–H and O–H groups in total. The molecular weight excluding hydrogens is 475 g/mol. The van der Waals surface area contributed by atoms with Gasteiger partial charge in [0.15, 0.2) is 0 Å². The number of hydrogen-bond donors (Lipinski definition) is 0. The lowest BCUT2D eigenvalue weighted by atomic mass is 10.1. The van der Waals surface area contributed by atoms with E-state index in [9.17, 15) is 21.6 Å². The first kappa shape index (κ1) is 22.1. The Kier molecular flexibility index (Phi) is 5.80. The summed E-state index contributed by atoms with van der Waals surface area (Å²) in [6.07, 6.45) is -4.66. The summed E-state index contributed by atoms with van der Waals surface area (Å²) in [5.41, 5.74) is 2.21. The Hall–Kier alpha value is -2.08. The number of nitrogens with zero attached hydrogens (tertiary/aromatic N) is 3. The third-order valence-corrected chi connectivity index (χ3v) is 8.55. The average molecular weight is 492 g/mol. The lowest BCUT2D eigenvalue weighted by molar-refractivity contribution is -0.155. The van der Waals surface area contributed by atoms with Crippen LogP contribution in [0.5, 0.6) is 0 Å². The molecule has 1 aromatic carbocycles. The molecule has 0 saturated carbocycles. The number of benzene rings is 1. The van der Waals surface area contributed by atoms with Crippen LogP contribution >= 0.6 is 22.9 Å². The molecule has 1 aliphatic rings. The number of halogens is 4. The highest BCUT2D eigenvalue weighted by Gasteiger charge is 2.36. The first-order valence-corrected chi connectivity index (χ1v) is 11.9. The Morgan fingerprint density at radius 3 is 2.48 bits per heavy atom. The lowest BCUT2D eigenvalue weighted by Gasteiger charge is -2.36. The fourth-order valence-corrected chi connectivity index (χ4v) is 6.27. The van der Waals surface area contributed by atoms with Gasteiger partial charge in [-0.1, -0.05) is 22.8 Å². The van der Waals surface area contributed by atoms with Gasteiger partial charge in [-0.3, -0.25) is 0 Å². The van der Waals surface area contributed by atoms with Gasteiger partial charge in [-0.2, -0.15) is 17.5 Å². The van der Waals surface area contributed by atoms with Crippen molar-refractivity contribution in [3.05, 3.63) is 52.1 Å². The Morgan fingerprint density at radius 2 is 1.84 bits per heavy atom. The number of aromatic nitrogens is 1. The molecule has 12 heteroatoms. The molecule has 0 amide bonds. The average Bonchev–Trinajstić information content (AvgIpc) is 3.39. The maximum atomic E-state index is 13.0. The van der Waals surface area contributed by atoms with Gasteiger partial charge < -0.3 is 9.42 Å². The van der Waals surface area contributed by atoms with Gasteiger partial charge in [0.2, 0.25) is 5.76 Å². The molecule has 3 heterocycles. The second-order valence-electron chi connectivity index (χ2n) is 7.05. The SMILES string of the molecule is Cc1ccc(Cl)cc1N1CCN(S(=O)(=O)c2cc(-c3cc(C(F)(F)F)on3)cs2)CC1. The van der Waals surface area contributed by atoms with Crippen molar-refractivity contribution in [3.8, 4) is 11.3 Å². The van der Waals surface area contributed by atoms with Gasteiger partial charge in [-0.05, 0) is 30.7 Å². The van der Waals surface area contributed by atoms with Gasteiger partial charge in [0.1, 0.15) is 9.90 Å². The first-order chi connectivity index (χ1) is 14.6. The van der Waals surface area contributed by atoms with E-state index in [-0.39, 0.29) is 28.6 Å². The van der Waals surface area contributed by atoms with Gasteiger partial charge in [-0.25, -0.2) is 8.42 Å². The maximum Gasteiger partial charge on any atom is 0.452 e. The molecule has 31 heavy (non-hydrogen) atoms. The molecule has 0 spiro atoms. The molecule has 0 radical (unpaired) electrons. The molecule has 1 saturated heterocycles. The monoisotopic (exact) mass is 491 g/mol. The Bertz CT molecular complexity index is 1200. The fourth-order valence-electron chi connectivity index (χ4n) is 3.35. The molecule has 166 valence electrons. The number of sulfonamides is 1. The van der Waals surface area contributed by atoms with Crippen LogP contribution in [0.25, 0.3) is 11.3 Å². The fraction of sp³-hybridized carbons (Fsp3) is 0.316. The van der Waals surface area contributed by atoms with E-state index in [1.165, 1.54) is 15.8 Å². The van der Waals surface area contributed by atoms with Gasteiger partial charge in [0.05, 0.1) is 0 Å². The molecule has 0 bridgehead atoms. The zero-order valence-electron chi connectivity index (χ0n) is 16.2. The highest BCUT2D eigenvalue weighted by Crippen LogP contribution is 2.35. The summed E-state index contributed by atoms with van der Waals surface area (Å²) >= 11 is 7.03. The van der Waals surface area contributed by atoms with Crippen molar-refractivity contribution in [2.75, 3.05) is 31.1 Å². The lowest BCUT2D eigenvalue weighted by Crippen LogP contribution is -2.48. The zero-order valence-corrected chi connectivity index (χ0v) is 18.6. The van der Waals surface area contributed by atoms with Gasteiger partial charge in [0, 0.05) is 53.9 Å². The number of hydrogen-bond acceptors (Lipinski definition) is 6. The van der Waals surface area contributed by atoms with Gasteiger partial charge in [-0.15, -0.1) is 11.3 Å². The van der Waals surface area contributed by atoms with Crippen LogP contribution in [0, 0.1) is 6.92 Å². The summed E-state index contributed by atoms with van der Waals surface area (Å²) in [5, 5.41) is 5.47. The minimum atomic E-state index is -4.66. The summed E-state index contributed by atoms with van der Waals surface area (Å²) in [7, 11) is -3.78. The summed E-state index contributed by atoms with van der Waals surface area (Å²) < 4.78 is 69.9. The van der Waals surface area contributed by atoms with Crippen LogP contribution in [-0.2, 0) is 16.2 Å². The Labute approximate surface area is 185 Å². The van der Waals surface area contributed by atoms with E-state index in [2.05, 4.69) is 14.6 Å². The van der Waals surface area contributed by atoms with Crippen LogP contribution in [-0.4, -0.2) is 44.1 Å². The molecule has 3 aromatic rings. The largest absolute Gasteiger partial charge is 0.452 e. The normalized spacial score (nSPS) is 16.1. The standard InChI is InChI=1S/C19H17ClF3N3O3S2/c1-12-2-3-14(20)9-16(12)25-4-6-26(7-5-25)31(27,28)18-8-13(11-30-18)15-10-17(29-24-15)19(21,22)23/h2-3,8-11H,4-7H2,1H3. The number of aryl methyl sites for hydroxylation is 1. The predicted molar refractivity (Wildman–Crippen MR) is 112 cm³/mol. The predicted octanol–water partition coefficient (Wildman–Crippen LogP) is 4.89.